The summed E-state index contributed by atoms with van der Waals surface area (Å²) < 4.78 is 5.14. The Bertz CT molecular complexity index is 192. The summed E-state index contributed by atoms with van der Waals surface area (Å²) >= 11 is 4.20. The number of amides is 1. The van der Waals surface area contributed by atoms with Gasteiger partial charge in [0.05, 0.1) is 0 Å². The van der Waals surface area contributed by atoms with Gasteiger partial charge in [0.1, 0.15) is 5.60 Å². The molecular weight excluding hydrogens is 197 g/mol. The largest absolute Gasteiger partial charge is 1.00 e. The maximum Gasteiger partial charge on any atom is 1.00 e. The van der Waals surface area contributed by atoms with Crippen molar-refractivity contribution < 1.29 is 40.5 Å². The van der Waals surface area contributed by atoms with E-state index in [1.54, 1.807) is 4.90 Å². The molecule has 0 aromatic heterocycles. The molecule has 1 aliphatic heterocycles. The van der Waals surface area contributed by atoms with Gasteiger partial charge in [0.15, 0.2) is 0 Å². The van der Waals surface area contributed by atoms with Crippen LogP contribution < -0.4 is 29.6 Å². The number of rotatable bonds is 0. The number of ether oxygens (including phenoxy) is 1. The molecule has 0 radical (unpaired) electrons. The van der Waals surface area contributed by atoms with E-state index in [0.29, 0.717) is 18.3 Å². The zero-order valence-corrected chi connectivity index (χ0v) is 11.6. The van der Waals surface area contributed by atoms with Gasteiger partial charge in [0.2, 0.25) is 0 Å². The van der Waals surface area contributed by atoms with Gasteiger partial charge in [0, 0.05) is 18.3 Å². The standard InChI is InChI=1S/C8H15NO2S.Na.H/c1-8(2,3)11-7(10)9-4-6(12)5-9;;/h6,12H,4-5H2,1-3H3;;/q;+1;-1. The second-order valence-electron chi connectivity index (χ2n) is 4.04. The van der Waals surface area contributed by atoms with Crippen molar-refractivity contribution in [2.24, 2.45) is 0 Å². The minimum absolute atomic E-state index is 0. The van der Waals surface area contributed by atoms with Crippen LogP contribution in [0.4, 0.5) is 4.79 Å². The molecule has 0 N–H and O–H groups in total. The Morgan fingerprint density at radius 1 is 1.54 bits per heavy atom. The van der Waals surface area contributed by atoms with Gasteiger partial charge >= 0.3 is 35.7 Å². The van der Waals surface area contributed by atoms with E-state index in [2.05, 4.69) is 12.6 Å². The summed E-state index contributed by atoms with van der Waals surface area (Å²) in [5.74, 6) is 0. The van der Waals surface area contributed by atoms with E-state index in [1.807, 2.05) is 20.8 Å². The van der Waals surface area contributed by atoms with Crippen LogP contribution in [-0.2, 0) is 4.74 Å². The Balaban J connectivity index is 0. The molecular formula is C8H16NNaO2S. The van der Waals surface area contributed by atoms with Crippen LogP contribution >= 0.6 is 12.6 Å². The third-order valence-corrected chi connectivity index (χ3v) is 1.84. The van der Waals surface area contributed by atoms with E-state index < -0.39 is 5.60 Å². The van der Waals surface area contributed by atoms with Crippen molar-refractivity contribution in [3.05, 3.63) is 0 Å². The van der Waals surface area contributed by atoms with Crippen LogP contribution in [0.25, 0.3) is 0 Å². The molecule has 1 aliphatic rings. The number of thiol groups is 1. The molecule has 0 bridgehead atoms. The van der Waals surface area contributed by atoms with E-state index in [4.69, 9.17) is 4.74 Å². The Hall–Kier alpha value is 0.620. The Morgan fingerprint density at radius 2 is 2.00 bits per heavy atom. The third kappa shape index (κ3) is 4.58. The Labute approximate surface area is 108 Å². The normalized spacial score (nSPS) is 17.4. The van der Waals surface area contributed by atoms with Crippen molar-refractivity contribution in [2.75, 3.05) is 13.1 Å². The summed E-state index contributed by atoms with van der Waals surface area (Å²) in [6.45, 7) is 7.00. The molecule has 1 heterocycles. The zero-order chi connectivity index (χ0) is 9.35. The van der Waals surface area contributed by atoms with Crippen LogP contribution in [-0.4, -0.2) is 34.9 Å². The van der Waals surface area contributed by atoms with Gasteiger partial charge in [-0.3, -0.25) is 0 Å². The molecule has 0 saturated carbocycles. The number of carbonyl (C=O) groups is 1. The van der Waals surface area contributed by atoms with Gasteiger partial charge in [-0.05, 0) is 20.8 Å². The zero-order valence-electron chi connectivity index (χ0n) is 9.70. The molecule has 13 heavy (non-hydrogen) atoms. The molecule has 0 aliphatic carbocycles. The predicted molar refractivity (Wildman–Crippen MR) is 51.7 cm³/mol. The maximum atomic E-state index is 11.3. The van der Waals surface area contributed by atoms with Gasteiger partial charge in [-0.25, -0.2) is 4.79 Å². The number of likely N-dealkylation sites (tertiary alicyclic amines) is 1. The first kappa shape index (κ1) is 13.6. The van der Waals surface area contributed by atoms with Crippen molar-refractivity contribution in [1.29, 1.82) is 0 Å². The van der Waals surface area contributed by atoms with Crippen molar-refractivity contribution in [1.82, 2.24) is 4.90 Å². The second-order valence-corrected chi connectivity index (χ2v) is 4.77. The van der Waals surface area contributed by atoms with Crippen LogP contribution in [0.3, 0.4) is 0 Å². The fraction of sp³-hybridized carbons (Fsp3) is 0.875. The minimum atomic E-state index is -0.390. The summed E-state index contributed by atoms with van der Waals surface area (Å²) in [6, 6.07) is 0. The molecule has 1 fully saturated rings. The molecule has 5 heteroatoms. The van der Waals surface area contributed by atoms with E-state index in [-0.39, 0.29) is 37.1 Å². The van der Waals surface area contributed by atoms with Gasteiger partial charge in [0.25, 0.3) is 0 Å². The van der Waals surface area contributed by atoms with Crippen LogP contribution in [0, 0.1) is 0 Å². The van der Waals surface area contributed by atoms with Crippen LogP contribution in [0.5, 0.6) is 0 Å². The SMILES string of the molecule is CC(C)(C)OC(=O)N1CC(S)C1.[H-].[Na+]. The monoisotopic (exact) mass is 213 g/mol. The van der Waals surface area contributed by atoms with E-state index in [0.717, 1.165) is 0 Å². The molecule has 0 spiro atoms. The summed E-state index contributed by atoms with van der Waals surface area (Å²) in [6.07, 6.45) is -0.229. The van der Waals surface area contributed by atoms with Gasteiger partial charge in [-0.2, -0.15) is 12.6 Å². The Kier molecular flexibility index (Phi) is 5.15. The number of hydrogen-bond acceptors (Lipinski definition) is 3. The first-order valence-corrected chi connectivity index (χ1v) is 4.56. The quantitative estimate of drug-likeness (QED) is 0.398. The molecule has 0 unspecified atom stereocenters. The van der Waals surface area contributed by atoms with E-state index in [9.17, 15) is 4.79 Å². The Morgan fingerprint density at radius 3 is 2.31 bits per heavy atom. The number of nitrogens with zero attached hydrogens (tertiary/aromatic N) is 1. The molecule has 0 atom stereocenters. The van der Waals surface area contributed by atoms with Crippen molar-refractivity contribution >= 4 is 18.7 Å². The molecule has 1 amide bonds. The fourth-order valence-corrected chi connectivity index (χ4v) is 1.33. The number of hydrogen-bond donors (Lipinski definition) is 1. The first-order valence-electron chi connectivity index (χ1n) is 4.04. The second kappa shape index (κ2) is 4.91. The molecule has 3 nitrogen and oxygen atoms in total. The predicted octanol–water partition coefficient (Wildman–Crippen LogP) is -1.35. The van der Waals surface area contributed by atoms with Crippen LogP contribution in [0.15, 0.2) is 0 Å². The van der Waals surface area contributed by atoms with Crippen LogP contribution in [0.2, 0.25) is 0 Å². The minimum Gasteiger partial charge on any atom is -1.00 e. The summed E-state index contributed by atoms with van der Waals surface area (Å²) in [5, 5.41) is 0.331. The van der Waals surface area contributed by atoms with E-state index in [1.165, 1.54) is 0 Å². The average molecular weight is 213 g/mol. The molecule has 72 valence electrons. The van der Waals surface area contributed by atoms with Crippen molar-refractivity contribution in [3.8, 4) is 0 Å². The smallest absolute Gasteiger partial charge is 1.00 e. The van der Waals surface area contributed by atoms with Crippen molar-refractivity contribution in [2.45, 2.75) is 31.6 Å². The fourth-order valence-electron chi connectivity index (χ4n) is 0.931. The average Bonchev–Trinajstić information content (AvgIpc) is 1.76. The van der Waals surface area contributed by atoms with Gasteiger partial charge in [-0.1, -0.05) is 0 Å². The van der Waals surface area contributed by atoms with Gasteiger partial charge in [-0.15, -0.1) is 0 Å². The molecule has 1 rings (SSSR count). The summed E-state index contributed by atoms with van der Waals surface area (Å²) in [4.78, 5) is 12.9. The molecule has 1 saturated heterocycles. The van der Waals surface area contributed by atoms with Gasteiger partial charge < -0.3 is 11.1 Å². The molecule has 0 aromatic carbocycles. The first-order chi connectivity index (χ1) is 5.38. The van der Waals surface area contributed by atoms with Crippen LogP contribution in [0.1, 0.15) is 22.2 Å². The molecule has 0 aromatic rings. The summed E-state index contributed by atoms with van der Waals surface area (Å²) in [5.41, 5.74) is -0.390. The maximum absolute atomic E-state index is 11.3. The topological polar surface area (TPSA) is 29.5 Å². The van der Waals surface area contributed by atoms with Crippen molar-refractivity contribution in [3.63, 3.8) is 0 Å². The number of carbonyl (C=O) groups excluding carboxylic acids is 1. The van der Waals surface area contributed by atoms with E-state index >= 15 is 0 Å². The third-order valence-electron chi connectivity index (χ3n) is 1.51. The summed E-state index contributed by atoms with van der Waals surface area (Å²) in [7, 11) is 0.